The summed E-state index contributed by atoms with van der Waals surface area (Å²) in [5.41, 5.74) is 4.43. The second-order valence-corrected chi connectivity index (χ2v) is 4.60. The van der Waals surface area contributed by atoms with Gasteiger partial charge in [0, 0.05) is 19.5 Å². The summed E-state index contributed by atoms with van der Waals surface area (Å²) >= 11 is 0. The molecule has 18 heavy (non-hydrogen) atoms. The molecule has 3 heteroatoms. The fourth-order valence-corrected chi connectivity index (χ4v) is 2.48. The van der Waals surface area contributed by atoms with Crippen LogP contribution in [0.25, 0.3) is 21.9 Å². The standard InChI is InChI=1S/C15H15NO.ClH/c1-10-8-9-13-14(15(10)16(2)3)11-6-4-5-7-12(11)17-13;/h4-9H,1-3H3;1H. The minimum Gasteiger partial charge on any atom is -0.456 e. The van der Waals surface area contributed by atoms with Crippen molar-refractivity contribution in [2.75, 3.05) is 19.0 Å². The van der Waals surface area contributed by atoms with E-state index in [0.717, 1.165) is 11.2 Å². The van der Waals surface area contributed by atoms with Crippen molar-refractivity contribution in [3.63, 3.8) is 0 Å². The Kier molecular flexibility index (Phi) is 3.22. The Morgan fingerprint density at radius 3 is 2.39 bits per heavy atom. The number of hydrogen-bond donors (Lipinski definition) is 0. The summed E-state index contributed by atoms with van der Waals surface area (Å²) in [6.07, 6.45) is 0. The third kappa shape index (κ3) is 1.73. The number of aryl methyl sites for hydroxylation is 1. The summed E-state index contributed by atoms with van der Waals surface area (Å²) in [6.45, 7) is 2.14. The van der Waals surface area contributed by atoms with Gasteiger partial charge in [-0.15, -0.1) is 12.4 Å². The molecule has 1 heterocycles. The topological polar surface area (TPSA) is 16.4 Å². The Hall–Kier alpha value is -1.67. The van der Waals surface area contributed by atoms with Crippen LogP contribution < -0.4 is 4.90 Å². The molecule has 0 aliphatic rings. The predicted molar refractivity (Wildman–Crippen MR) is 80.0 cm³/mol. The van der Waals surface area contributed by atoms with Gasteiger partial charge in [-0.3, -0.25) is 0 Å². The molecule has 0 unspecified atom stereocenters. The zero-order valence-corrected chi connectivity index (χ0v) is 11.5. The van der Waals surface area contributed by atoms with Crippen LogP contribution in [0, 0.1) is 6.92 Å². The van der Waals surface area contributed by atoms with E-state index in [0.29, 0.717) is 0 Å². The van der Waals surface area contributed by atoms with Crippen molar-refractivity contribution in [3.05, 3.63) is 42.0 Å². The van der Waals surface area contributed by atoms with E-state index >= 15 is 0 Å². The van der Waals surface area contributed by atoms with Crippen molar-refractivity contribution in [1.82, 2.24) is 0 Å². The fourth-order valence-electron chi connectivity index (χ4n) is 2.48. The van der Waals surface area contributed by atoms with Gasteiger partial charge in [-0.2, -0.15) is 0 Å². The molecule has 0 bridgehead atoms. The maximum Gasteiger partial charge on any atom is 0.137 e. The second-order valence-electron chi connectivity index (χ2n) is 4.60. The number of furan rings is 1. The van der Waals surface area contributed by atoms with Gasteiger partial charge in [-0.1, -0.05) is 24.3 Å². The third-order valence-electron chi connectivity index (χ3n) is 3.16. The van der Waals surface area contributed by atoms with E-state index in [4.69, 9.17) is 4.42 Å². The fraction of sp³-hybridized carbons (Fsp3) is 0.200. The number of para-hydroxylation sites is 1. The first-order valence-corrected chi connectivity index (χ1v) is 5.76. The lowest BCUT2D eigenvalue weighted by Gasteiger charge is -2.16. The van der Waals surface area contributed by atoms with Gasteiger partial charge in [0.15, 0.2) is 0 Å². The normalized spacial score (nSPS) is 10.6. The summed E-state index contributed by atoms with van der Waals surface area (Å²) < 4.78 is 5.87. The molecular weight excluding hydrogens is 246 g/mol. The number of fused-ring (bicyclic) bond motifs is 3. The molecule has 0 saturated carbocycles. The first-order chi connectivity index (χ1) is 8.18. The van der Waals surface area contributed by atoms with E-state index in [9.17, 15) is 0 Å². The van der Waals surface area contributed by atoms with Gasteiger partial charge < -0.3 is 9.32 Å². The number of rotatable bonds is 1. The molecule has 0 radical (unpaired) electrons. The molecule has 0 N–H and O–H groups in total. The zero-order chi connectivity index (χ0) is 12.0. The molecule has 0 amide bonds. The van der Waals surface area contributed by atoms with Gasteiger partial charge in [-0.25, -0.2) is 0 Å². The van der Waals surface area contributed by atoms with Gasteiger partial charge in [0.1, 0.15) is 11.2 Å². The molecule has 1 aromatic heterocycles. The number of halogens is 1. The number of benzene rings is 2. The molecule has 0 saturated heterocycles. The van der Waals surface area contributed by atoms with E-state index < -0.39 is 0 Å². The Labute approximate surface area is 113 Å². The maximum absolute atomic E-state index is 5.87. The first kappa shape index (κ1) is 12.8. The van der Waals surface area contributed by atoms with Crippen LogP contribution in [0.15, 0.2) is 40.8 Å². The lowest BCUT2D eigenvalue weighted by Crippen LogP contribution is -2.10. The summed E-state index contributed by atoms with van der Waals surface area (Å²) in [5.74, 6) is 0. The van der Waals surface area contributed by atoms with Crippen molar-refractivity contribution >= 4 is 40.0 Å². The van der Waals surface area contributed by atoms with Crippen LogP contribution in [0.5, 0.6) is 0 Å². The van der Waals surface area contributed by atoms with Crippen LogP contribution in [0.4, 0.5) is 5.69 Å². The van der Waals surface area contributed by atoms with E-state index in [1.807, 2.05) is 12.1 Å². The highest BCUT2D eigenvalue weighted by Gasteiger charge is 2.13. The van der Waals surface area contributed by atoms with Crippen LogP contribution in [-0.2, 0) is 0 Å². The molecule has 2 aromatic carbocycles. The van der Waals surface area contributed by atoms with Crippen LogP contribution >= 0.6 is 12.4 Å². The van der Waals surface area contributed by atoms with E-state index in [1.54, 1.807) is 0 Å². The molecule has 0 fully saturated rings. The highest BCUT2D eigenvalue weighted by molar-refractivity contribution is 6.12. The second kappa shape index (κ2) is 4.54. The Morgan fingerprint density at radius 1 is 0.944 bits per heavy atom. The zero-order valence-electron chi connectivity index (χ0n) is 10.7. The van der Waals surface area contributed by atoms with Crippen LogP contribution in [0.3, 0.4) is 0 Å². The first-order valence-electron chi connectivity index (χ1n) is 5.76. The summed E-state index contributed by atoms with van der Waals surface area (Å²) in [5, 5.41) is 2.40. The maximum atomic E-state index is 5.87. The molecule has 94 valence electrons. The van der Waals surface area contributed by atoms with Crippen molar-refractivity contribution in [2.24, 2.45) is 0 Å². The van der Waals surface area contributed by atoms with Crippen molar-refractivity contribution in [3.8, 4) is 0 Å². The van der Waals surface area contributed by atoms with Crippen LogP contribution in [-0.4, -0.2) is 14.1 Å². The number of nitrogens with zero attached hydrogens (tertiary/aromatic N) is 1. The minimum absolute atomic E-state index is 0. The quantitative estimate of drug-likeness (QED) is 0.646. The lowest BCUT2D eigenvalue weighted by atomic mass is 10.1. The van der Waals surface area contributed by atoms with Gasteiger partial charge in [-0.05, 0) is 24.6 Å². The van der Waals surface area contributed by atoms with Gasteiger partial charge in [0.25, 0.3) is 0 Å². The third-order valence-corrected chi connectivity index (χ3v) is 3.16. The molecular formula is C15H16ClNO. The summed E-state index contributed by atoms with van der Waals surface area (Å²) in [7, 11) is 4.15. The average Bonchev–Trinajstić information content (AvgIpc) is 2.67. The van der Waals surface area contributed by atoms with Crippen molar-refractivity contribution in [2.45, 2.75) is 6.92 Å². The molecule has 0 aliphatic heterocycles. The smallest absolute Gasteiger partial charge is 0.137 e. The Morgan fingerprint density at radius 2 is 1.67 bits per heavy atom. The minimum atomic E-state index is 0. The number of hydrogen-bond acceptors (Lipinski definition) is 2. The van der Waals surface area contributed by atoms with E-state index in [2.05, 4.69) is 50.2 Å². The van der Waals surface area contributed by atoms with Crippen molar-refractivity contribution < 1.29 is 4.42 Å². The van der Waals surface area contributed by atoms with Gasteiger partial charge in [0.05, 0.1) is 11.1 Å². The molecule has 0 spiro atoms. The molecule has 0 aliphatic carbocycles. The molecule has 2 nitrogen and oxygen atoms in total. The largest absolute Gasteiger partial charge is 0.456 e. The lowest BCUT2D eigenvalue weighted by molar-refractivity contribution is 0.669. The monoisotopic (exact) mass is 261 g/mol. The predicted octanol–water partition coefficient (Wildman–Crippen LogP) is 4.38. The van der Waals surface area contributed by atoms with Gasteiger partial charge >= 0.3 is 0 Å². The van der Waals surface area contributed by atoms with Crippen molar-refractivity contribution in [1.29, 1.82) is 0 Å². The highest BCUT2D eigenvalue weighted by atomic mass is 35.5. The van der Waals surface area contributed by atoms with Crippen LogP contribution in [0.2, 0.25) is 0 Å². The highest BCUT2D eigenvalue weighted by Crippen LogP contribution is 2.37. The Balaban J connectivity index is 0.00000120. The average molecular weight is 262 g/mol. The van der Waals surface area contributed by atoms with E-state index in [1.165, 1.54) is 22.0 Å². The summed E-state index contributed by atoms with van der Waals surface area (Å²) in [6, 6.07) is 12.4. The SMILES string of the molecule is Cc1ccc2oc3ccccc3c2c1N(C)C.Cl. The molecule has 3 rings (SSSR count). The Bertz CT molecular complexity index is 700. The summed E-state index contributed by atoms with van der Waals surface area (Å²) in [4.78, 5) is 2.15. The van der Waals surface area contributed by atoms with Crippen LogP contribution in [0.1, 0.15) is 5.56 Å². The van der Waals surface area contributed by atoms with E-state index in [-0.39, 0.29) is 12.4 Å². The van der Waals surface area contributed by atoms with Gasteiger partial charge in [0.2, 0.25) is 0 Å². The number of anilines is 1. The molecule has 3 aromatic rings. The molecule has 0 atom stereocenters.